The first kappa shape index (κ1) is 14.7. The minimum Gasteiger partial charge on any atom is -0.390 e. The smallest absolute Gasteiger partial charge is 0.243 e. The molecule has 5 nitrogen and oxygen atoms in total. The van der Waals surface area contributed by atoms with Crippen LogP contribution in [0.3, 0.4) is 0 Å². The van der Waals surface area contributed by atoms with Gasteiger partial charge in [0.2, 0.25) is 10.0 Å². The highest BCUT2D eigenvalue weighted by Gasteiger charge is 2.36. The number of β-amino-alcohol motifs (C(OH)–C–C–N with tert-alkyl or cyclic N) is 1. The van der Waals surface area contributed by atoms with Gasteiger partial charge in [0.1, 0.15) is 0 Å². The Labute approximate surface area is 118 Å². The lowest BCUT2D eigenvalue weighted by atomic mass is 10.2. The number of rotatable bonds is 3. The standard InChI is InChI=1S/C12H17ClN2O3S/c1-8-9(13)4-3-5-12(8)19(17,18)15(2)10-6-14-7-11(10)16/h3-5,10-11,14,16H,6-7H2,1-2H3/t10-,11-/m0/s1. The van der Waals surface area contributed by atoms with Crippen LogP contribution >= 0.6 is 11.6 Å². The molecule has 1 heterocycles. The van der Waals surface area contributed by atoms with Crippen LogP contribution in [0.5, 0.6) is 0 Å². The fraction of sp³-hybridized carbons (Fsp3) is 0.500. The van der Waals surface area contributed by atoms with Crippen molar-refractivity contribution >= 4 is 21.6 Å². The van der Waals surface area contributed by atoms with Crippen molar-refractivity contribution in [2.24, 2.45) is 0 Å². The minimum atomic E-state index is -3.66. The number of aliphatic hydroxyl groups is 1. The Balaban J connectivity index is 2.39. The minimum absolute atomic E-state index is 0.182. The molecular weight excluding hydrogens is 288 g/mol. The summed E-state index contributed by atoms with van der Waals surface area (Å²) in [7, 11) is -2.18. The Bertz CT molecular complexity index is 576. The molecule has 1 aromatic rings. The van der Waals surface area contributed by atoms with Crippen molar-refractivity contribution in [3.05, 3.63) is 28.8 Å². The molecule has 0 aliphatic carbocycles. The van der Waals surface area contributed by atoms with E-state index in [0.29, 0.717) is 23.7 Å². The van der Waals surface area contributed by atoms with Crippen molar-refractivity contribution in [1.29, 1.82) is 0 Å². The number of sulfonamides is 1. The van der Waals surface area contributed by atoms with Gasteiger partial charge in [-0.3, -0.25) is 0 Å². The second-order valence-electron chi connectivity index (χ2n) is 4.68. The molecule has 0 radical (unpaired) electrons. The van der Waals surface area contributed by atoms with Crippen LogP contribution in [0.15, 0.2) is 23.1 Å². The highest BCUT2D eigenvalue weighted by atomic mass is 35.5. The van der Waals surface area contributed by atoms with Gasteiger partial charge >= 0.3 is 0 Å². The van der Waals surface area contributed by atoms with Crippen molar-refractivity contribution < 1.29 is 13.5 Å². The maximum Gasteiger partial charge on any atom is 0.243 e. The molecule has 1 aliphatic heterocycles. The predicted molar refractivity (Wildman–Crippen MR) is 73.8 cm³/mol. The lowest BCUT2D eigenvalue weighted by Crippen LogP contribution is -2.44. The van der Waals surface area contributed by atoms with Gasteiger partial charge in [0, 0.05) is 25.2 Å². The SMILES string of the molecule is Cc1c(Cl)cccc1S(=O)(=O)N(C)[C@H]1CNC[C@@H]1O. The zero-order chi connectivity index (χ0) is 14.2. The summed E-state index contributed by atoms with van der Waals surface area (Å²) in [5.41, 5.74) is 0.525. The second kappa shape index (κ2) is 5.38. The number of nitrogens with one attached hydrogen (secondary N) is 1. The van der Waals surface area contributed by atoms with Gasteiger partial charge in [0.25, 0.3) is 0 Å². The van der Waals surface area contributed by atoms with E-state index in [-0.39, 0.29) is 4.90 Å². The molecule has 2 N–H and O–H groups in total. The summed E-state index contributed by atoms with van der Waals surface area (Å²) in [6.45, 7) is 2.52. The molecule has 0 amide bonds. The Hall–Kier alpha value is -0.660. The van der Waals surface area contributed by atoms with Gasteiger partial charge < -0.3 is 10.4 Å². The summed E-state index contributed by atoms with van der Waals surface area (Å²) in [5.74, 6) is 0. The Morgan fingerprint density at radius 1 is 1.42 bits per heavy atom. The van der Waals surface area contributed by atoms with Crippen molar-refractivity contribution in [1.82, 2.24) is 9.62 Å². The molecule has 0 saturated carbocycles. The van der Waals surface area contributed by atoms with Gasteiger partial charge in [-0.15, -0.1) is 0 Å². The first-order valence-corrected chi connectivity index (χ1v) is 7.79. The van der Waals surface area contributed by atoms with E-state index in [1.807, 2.05) is 0 Å². The van der Waals surface area contributed by atoms with Crippen molar-refractivity contribution in [2.45, 2.75) is 24.0 Å². The van der Waals surface area contributed by atoms with E-state index in [2.05, 4.69) is 5.32 Å². The topological polar surface area (TPSA) is 69.6 Å². The normalized spacial score (nSPS) is 24.1. The number of hydrogen-bond acceptors (Lipinski definition) is 4. The quantitative estimate of drug-likeness (QED) is 0.858. The van der Waals surface area contributed by atoms with Crippen molar-refractivity contribution in [3.8, 4) is 0 Å². The molecule has 106 valence electrons. The van der Waals surface area contributed by atoms with Gasteiger partial charge in [-0.05, 0) is 24.6 Å². The van der Waals surface area contributed by atoms with Crippen LogP contribution in [0.1, 0.15) is 5.56 Å². The number of halogens is 1. The van der Waals surface area contributed by atoms with Crippen LogP contribution < -0.4 is 5.32 Å². The van der Waals surface area contributed by atoms with Crippen molar-refractivity contribution in [2.75, 3.05) is 20.1 Å². The van der Waals surface area contributed by atoms with E-state index in [0.717, 1.165) is 0 Å². The average molecular weight is 305 g/mol. The summed E-state index contributed by atoms with van der Waals surface area (Å²) < 4.78 is 26.4. The number of aliphatic hydroxyl groups excluding tert-OH is 1. The molecule has 0 unspecified atom stereocenters. The summed E-state index contributed by atoms with van der Waals surface area (Å²) in [4.78, 5) is 0.182. The van der Waals surface area contributed by atoms with Gasteiger partial charge in [0.05, 0.1) is 17.0 Å². The third kappa shape index (κ3) is 2.64. The largest absolute Gasteiger partial charge is 0.390 e. The molecule has 1 fully saturated rings. The van der Waals surface area contributed by atoms with E-state index in [1.165, 1.54) is 17.4 Å². The van der Waals surface area contributed by atoms with Gasteiger partial charge in [-0.1, -0.05) is 17.7 Å². The molecule has 0 bridgehead atoms. The fourth-order valence-corrected chi connectivity index (χ4v) is 4.08. The number of likely N-dealkylation sites (N-methyl/N-ethyl adjacent to an activating group) is 1. The van der Waals surface area contributed by atoms with Crippen LogP contribution in [0.4, 0.5) is 0 Å². The first-order chi connectivity index (χ1) is 8.85. The van der Waals surface area contributed by atoms with Gasteiger partial charge in [0.15, 0.2) is 0 Å². The van der Waals surface area contributed by atoms with Crippen LogP contribution in [-0.2, 0) is 10.0 Å². The molecular formula is C12H17ClN2O3S. The first-order valence-electron chi connectivity index (χ1n) is 5.97. The molecule has 19 heavy (non-hydrogen) atoms. The highest BCUT2D eigenvalue weighted by molar-refractivity contribution is 7.89. The van der Waals surface area contributed by atoms with Gasteiger partial charge in [-0.2, -0.15) is 4.31 Å². The monoisotopic (exact) mass is 304 g/mol. The average Bonchev–Trinajstić information content (AvgIpc) is 2.77. The lowest BCUT2D eigenvalue weighted by Gasteiger charge is -2.26. The predicted octanol–water partition coefficient (Wildman–Crippen LogP) is 0.602. The van der Waals surface area contributed by atoms with E-state index >= 15 is 0 Å². The fourth-order valence-electron chi connectivity index (χ4n) is 2.22. The van der Waals surface area contributed by atoms with Crippen LogP contribution in [0.2, 0.25) is 5.02 Å². The van der Waals surface area contributed by atoms with E-state index in [9.17, 15) is 13.5 Å². The zero-order valence-electron chi connectivity index (χ0n) is 10.8. The maximum absolute atomic E-state index is 12.6. The molecule has 1 saturated heterocycles. The summed E-state index contributed by atoms with van der Waals surface area (Å²) in [6, 6.07) is 4.34. The molecule has 0 aromatic heterocycles. The Morgan fingerprint density at radius 2 is 2.11 bits per heavy atom. The van der Waals surface area contributed by atoms with Crippen LogP contribution in [0.25, 0.3) is 0 Å². The van der Waals surface area contributed by atoms with E-state index < -0.39 is 22.2 Å². The summed E-state index contributed by atoms with van der Waals surface area (Å²) in [6.07, 6.45) is -0.695. The Kier molecular flexibility index (Phi) is 4.17. The van der Waals surface area contributed by atoms with Gasteiger partial charge in [-0.25, -0.2) is 8.42 Å². The molecule has 2 atom stereocenters. The highest BCUT2D eigenvalue weighted by Crippen LogP contribution is 2.26. The summed E-state index contributed by atoms with van der Waals surface area (Å²) in [5, 5.41) is 13.2. The zero-order valence-corrected chi connectivity index (χ0v) is 12.4. The maximum atomic E-state index is 12.6. The number of nitrogens with zero attached hydrogens (tertiary/aromatic N) is 1. The molecule has 7 heteroatoms. The van der Waals surface area contributed by atoms with Crippen LogP contribution in [-0.4, -0.2) is 50.1 Å². The Morgan fingerprint density at radius 3 is 2.68 bits per heavy atom. The third-order valence-electron chi connectivity index (χ3n) is 3.49. The lowest BCUT2D eigenvalue weighted by molar-refractivity contribution is 0.136. The molecule has 2 rings (SSSR count). The summed E-state index contributed by atoms with van der Waals surface area (Å²) >= 11 is 5.97. The number of benzene rings is 1. The number of hydrogen-bond donors (Lipinski definition) is 2. The second-order valence-corrected chi connectivity index (χ2v) is 7.05. The van der Waals surface area contributed by atoms with Crippen LogP contribution in [0, 0.1) is 6.92 Å². The van der Waals surface area contributed by atoms with E-state index in [1.54, 1.807) is 19.1 Å². The van der Waals surface area contributed by atoms with Crippen molar-refractivity contribution in [3.63, 3.8) is 0 Å². The van der Waals surface area contributed by atoms with E-state index in [4.69, 9.17) is 11.6 Å². The molecule has 0 spiro atoms. The third-order valence-corrected chi connectivity index (χ3v) is 5.93. The molecule has 1 aliphatic rings. The molecule has 1 aromatic carbocycles.